The topological polar surface area (TPSA) is 114 Å². The molecule has 180 valence electrons. The number of fused-ring (bicyclic) bond motifs is 1. The molecule has 1 saturated heterocycles. The average molecular weight is 486 g/mol. The number of piperidine rings is 1. The summed E-state index contributed by atoms with van der Waals surface area (Å²) in [7, 11) is -3.74. The first kappa shape index (κ1) is 23.8. The molecule has 10 heteroatoms. The zero-order valence-electron chi connectivity index (χ0n) is 18.7. The smallest absolute Gasteiger partial charge is 0.251 e. The number of carbonyl (C=O) groups excluding carboxylic acids is 2. The molecule has 2 aromatic carbocycles. The van der Waals surface area contributed by atoms with Crippen molar-refractivity contribution >= 4 is 21.8 Å². The van der Waals surface area contributed by atoms with Crippen LogP contribution in [0.5, 0.6) is 11.5 Å². The SMILES string of the molecule is C=CC(=O)N[C@H]1CCCN(S(=O)(=O)c2ccc(C(=O)NCCc3ccc4c(c3)OCO4)cc2)C1. The fraction of sp³-hybridized carbons (Fsp3) is 0.333. The molecule has 0 spiro atoms. The van der Waals surface area contributed by atoms with Gasteiger partial charge in [-0.25, -0.2) is 8.42 Å². The molecular weight excluding hydrogens is 458 g/mol. The van der Waals surface area contributed by atoms with Crippen molar-refractivity contribution in [3.63, 3.8) is 0 Å². The van der Waals surface area contributed by atoms with E-state index in [0.29, 0.717) is 49.4 Å². The van der Waals surface area contributed by atoms with E-state index < -0.39 is 10.0 Å². The lowest BCUT2D eigenvalue weighted by molar-refractivity contribution is -0.117. The van der Waals surface area contributed by atoms with Crippen molar-refractivity contribution in [2.75, 3.05) is 26.4 Å². The van der Waals surface area contributed by atoms with Crippen LogP contribution in [0.25, 0.3) is 0 Å². The number of ether oxygens (including phenoxy) is 2. The molecule has 0 aromatic heterocycles. The van der Waals surface area contributed by atoms with Gasteiger partial charge in [-0.15, -0.1) is 0 Å². The van der Waals surface area contributed by atoms with Gasteiger partial charge in [-0.05, 0) is 67.3 Å². The number of nitrogens with one attached hydrogen (secondary N) is 2. The molecule has 2 N–H and O–H groups in total. The number of nitrogens with zero attached hydrogens (tertiary/aromatic N) is 1. The summed E-state index contributed by atoms with van der Waals surface area (Å²) in [4.78, 5) is 24.2. The van der Waals surface area contributed by atoms with Crippen LogP contribution in [0.15, 0.2) is 60.0 Å². The molecule has 2 aliphatic rings. The van der Waals surface area contributed by atoms with Crippen LogP contribution in [0, 0.1) is 0 Å². The summed E-state index contributed by atoms with van der Waals surface area (Å²) in [6.07, 6.45) is 3.14. The summed E-state index contributed by atoms with van der Waals surface area (Å²) in [6, 6.07) is 11.3. The third kappa shape index (κ3) is 5.40. The van der Waals surface area contributed by atoms with Gasteiger partial charge in [-0.1, -0.05) is 12.6 Å². The van der Waals surface area contributed by atoms with Crippen LogP contribution in [-0.2, 0) is 21.2 Å². The predicted molar refractivity (Wildman–Crippen MR) is 125 cm³/mol. The van der Waals surface area contributed by atoms with Crippen molar-refractivity contribution in [1.82, 2.24) is 14.9 Å². The van der Waals surface area contributed by atoms with Crippen molar-refractivity contribution < 1.29 is 27.5 Å². The van der Waals surface area contributed by atoms with Crippen LogP contribution in [0.2, 0.25) is 0 Å². The van der Waals surface area contributed by atoms with E-state index in [4.69, 9.17) is 9.47 Å². The number of benzene rings is 2. The van der Waals surface area contributed by atoms with E-state index in [-0.39, 0.29) is 36.1 Å². The van der Waals surface area contributed by atoms with Crippen molar-refractivity contribution in [2.45, 2.75) is 30.2 Å². The second kappa shape index (κ2) is 10.3. The third-order valence-corrected chi connectivity index (χ3v) is 7.69. The van der Waals surface area contributed by atoms with Gasteiger partial charge >= 0.3 is 0 Å². The first-order valence-electron chi connectivity index (χ1n) is 11.1. The van der Waals surface area contributed by atoms with E-state index in [1.165, 1.54) is 34.6 Å². The predicted octanol–water partition coefficient (Wildman–Crippen LogP) is 1.84. The van der Waals surface area contributed by atoms with E-state index in [0.717, 1.165) is 5.56 Å². The number of rotatable bonds is 8. The highest BCUT2D eigenvalue weighted by molar-refractivity contribution is 7.89. The highest BCUT2D eigenvalue weighted by atomic mass is 32.2. The Morgan fingerprint density at radius 3 is 2.65 bits per heavy atom. The van der Waals surface area contributed by atoms with Gasteiger partial charge in [0, 0.05) is 31.2 Å². The molecule has 9 nitrogen and oxygen atoms in total. The molecule has 0 saturated carbocycles. The first-order chi connectivity index (χ1) is 16.4. The Hall–Kier alpha value is -3.37. The van der Waals surface area contributed by atoms with Crippen molar-refractivity contribution in [1.29, 1.82) is 0 Å². The maximum absolute atomic E-state index is 13.1. The van der Waals surface area contributed by atoms with Gasteiger partial charge in [0.1, 0.15) is 0 Å². The fourth-order valence-corrected chi connectivity index (χ4v) is 5.51. The zero-order chi connectivity index (χ0) is 24.1. The average Bonchev–Trinajstić information content (AvgIpc) is 3.32. The minimum atomic E-state index is -3.74. The maximum Gasteiger partial charge on any atom is 0.251 e. The Labute approximate surface area is 198 Å². The fourth-order valence-electron chi connectivity index (χ4n) is 3.98. The summed E-state index contributed by atoms with van der Waals surface area (Å²) >= 11 is 0. The maximum atomic E-state index is 13.1. The van der Waals surface area contributed by atoms with Crippen molar-refractivity contribution in [2.24, 2.45) is 0 Å². The lowest BCUT2D eigenvalue weighted by Gasteiger charge is -2.32. The molecule has 2 heterocycles. The molecule has 0 aliphatic carbocycles. The number of amides is 2. The molecule has 34 heavy (non-hydrogen) atoms. The minimum absolute atomic E-state index is 0.111. The standard InChI is InChI=1S/C24H27N3O6S/c1-2-23(28)26-19-4-3-13-27(15-19)34(30,31)20-8-6-18(7-9-20)24(29)25-12-11-17-5-10-21-22(14-17)33-16-32-21/h2,5-10,14,19H,1,3-4,11-13,15-16H2,(H,25,29)(H,26,28)/t19-/m0/s1. The zero-order valence-corrected chi connectivity index (χ0v) is 19.5. The lowest BCUT2D eigenvalue weighted by Crippen LogP contribution is -2.49. The van der Waals surface area contributed by atoms with Gasteiger partial charge in [0.15, 0.2) is 11.5 Å². The Morgan fingerprint density at radius 1 is 1.12 bits per heavy atom. The molecule has 4 rings (SSSR count). The second-order valence-corrected chi connectivity index (χ2v) is 10.1. The van der Waals surface area contributed by atoms with Crippen LogP contribution in [0.1, 0.15) is 28.8 Å². The lowest BCUT2D eigenvalue weighted by atomic mass is 10.1. The van der Waals surface area contributed by atoms with Crippen molar-refractivity contribution in [3.05, 3.63) is 66.2 Å². The van der Waals surface area contributed by atoms with Crippen LogP contribution in [0.4, 0.5) is 0 Å². The molecule has 1 fully saturated rings. The van der Waals surface area contributed by atoms with Gasteiger partial charge < -0.3 is 20.1 Å². The Kier molecular flexibility index (Phi) is 7.18. The van der Waals surface area contributed by atoms with Gasteiger partial charge in [0.05, 0.1) is 4.90 Å². The van der Waals surface area contributed by atoms with Gasteiger partial charge in [0.2, 0.25) is 22.7 Å². The molecular formula is C24H27N3O6S. The second-order valence-electron chi connectivity index (χ2n) is 8.13. The Bertz CT molecular complexity index is 1180. The molecule has 0 bridgehead atoms. The van der Waals surface area contributed by atoms with Gasteiger partial charge in [-0.2, -0.15) is 4.31 Å². The van der Waals surface area contributed by atoms with Gasteiger partial charge in [0.25, 0.3) is 5.91 Å². The number of hydrogen-bond donors (Lipinski definition) is 2. The van der Waals surface area contributed by atoms with Gasteiger partial charge in [-0.3, -0.25) is 9.59 Å². The van der Waals surface area contributed by atoms with Crippen LogP contribution < -0.4 is 20.1 Å². The monoisotopic (exact) mass is 485 g/mol. The number of sulfonamides is 1. The third-order valence-electron chi connectivity index (χ3n) is 5.81. The van der Waals surface area contributed by atoms with E-state index >= 15 is 0 Å². The number of hydrogen-bond acceptors (Lipinski definition) is 6. The van der Waals surface area contributed by atoms with E-state index in [1.54, 1.807) is 0 Å². The molecule has 1 atom stereocenters. The van der Waals surface area contributed by atoms with Crippen molar-refractivity contribution in [3.8, 4) is 11.5 Å². The highest BCUT2D eigenvalue weighted by Gasteiger charge is 2.30. The van der Waals surface area contributed by atoms with E-state index in [9.17, 15) is 18.0 Å². The van der Waals surface area contributed by atoms with Crippen LogP contribution in [0.3, 0.4) is 0 Å². The molecule has 0 unspecified atom stereocenters. The quantitative estimate of drug-likeness (QED) is 0.552. The molecule has 2 aromatic rings. The summed E-state index contributed by atoms with van der Waals surface area (Å²) < 4.78 is 38.1. The molecule has 0 radical (unpaired) electrons. The molecule has 2 aliphatic heterocycles. The Balaban J connectivity index is 1.33. The summed E-state index contributed by atoms with van der Waals surface area (Å²) in [5, 5.41) is 5.61. The van der Waals surface area contributed by atoms with E-state index in [1.807, 2.05) is 18.2 Å². The Morgan fingerprint density at radius 2 is 1.88 bits per heavy atom. The first-order valence-corrected chi connectivity index (χ1v) is 12.5. The largest absolute Gasteiger partial charge is 0.454 e. The minimum Gasteiger partial charge on any atom is -0.454 e. The normalized spacial score (nSPS) is 17.7. The summed E-state index contributed by atoms with van der Waals surface area (Å²) in [6.45, 7) is 4.64. The van der Waals surface area contributed by atoms with E-state index in [2.05, 4.69) is 17.2 Å². The highest BCUT2D eigenvalue weighted by Crippen LogP contribution is 2.32. The number of carbonyl (C=O) groups is 2. The molecule has 2 amide bonds. The summed E-state index contributed by atoms with van der Waals surface area (Å²) in [5.41, 5.74) is 1.38. The van der Waals surface area contributed by atoms with Crippen LogP contribution >= 0.6 is 0 Å². The summed E-state index contributed by atoms with van der Waals surface area (Å²) in [5.74, 6) is 0.807. The van der Waals surface area contributed by atoms with Crippen LogP contribution in [-0.4, -0.2) is 57.0 Å².